The molecule has 0 spiro atoms. The second-order valence-electron chi connectivity index (χ2n) is 2.63. The van der Waals surface area contributed by atoms with Gasteiger partial charge in [-0.2, -0.15) is 5.10 Å². The topological polar surface area (TPSA) is 61.9 Å². The van der Waals surface area contributed by atoms with Gasteiger partial charge in [0.1, 0.15) is 0 Å². The Hall–Kier alpha value is -0.940. The lowest BCUT2D eigenvalue weighted by Crippen LogP contribution is -2.54. The van der Waals surface area contributed by atoms with Crippen molar-refractivity contribution < 1.29 is 4.79 Å². The molecule has 1 heterocycles. The highest BCUT2D eigenvalue weighted by atomic mass is 16.1. The third-order valence-corrected chi connectivity index (χ3v) is 1.58. The van der Waals surface area contributed by atoms with Crippen LogP contribution in [0, 0.1) is 0 Å². The molecule has 11 heavy (non-hydrogen) atoms. The summed E-state index contributed by atoms with van der Waals surface area (Å²) in [5.74, 6) is 5.55. The van der Waals surface area contributed by atoms with Crippen LogP contribution in [0.25, 0.3) is 0 Å². The van der Waals surface area contributed by atoms with Gasteiger partial charge in [0.05, 0.1) is 12.3 Å². The number of aldehydes is 1. The van der Waals surface area contributed by atoms with E-state index in [9.17, 15) is 4.79 Å². The van der Waals surface area contributed by atoms with Crippen molar-refractivity contribution in [1.82, 2.24) is 10.0 Å². The maximum absolute atomic E-state index is 10.5. The van der Waals surface area contributed by atoms with Gasteiger partial charge in [0.2, 0.25) is 0 Å². The largest absolute Gasteiger partial charge is 0.299 e. The molecule has 1 aliphatic rings. The molecule has 0 radical (unpaired) electrons. The fourth-order valence-corrected chi connectivity index (χ4v) is 1.10. The van der Waals surface area contributed by atoms with Crippen molar-refractivity contribution in [2.45, 2.75) is 13.1 Å². The predicted octanol–water partition coefficient (Wildman–Crippen LogP) is -0.992. The Morgan fingerprint density at radius 2 is 2.45 bits per heavy atom. The van der Waals surface area contributed by atoms with Gasteiger partial charge in [0.15, 0.2) is 12.5 Å². The summed E-state index contributed by atoms with van der Waals surface area (Å²) in [6.45, 7) is 2.42. The first-order valence-corrected chi connectivity index (χ1v) is 3.38. The summed E-state index contributed by atoms with van der Waals surface area (Å²) in [7, 11) is 1.72. The standard InChI is InChI=1S/C6H12N4O/c1-5-3-10(7)6(4-11)9(2)8-5/h4,6H,3,7H2,1-2H3. The fourth-order valence-electron chi connectivity index (χ4n) is 1.10. The number of nitrogens with two attached hydrogens (primary N) is 1. The van der Waals surface area contributed by atoms with E-state index in [1.807, 2.05) is 6.92 Å². The number of rotatable bonds is 1. The Kier molecular flexibility index (Phi) is 2.21. The number of hydrogen-bond donors (Lipinski definition) is 1. The molecular weight excluding hydrogens is 144 g/mol. The Bertz CT molecular complexity index is 191. The summed E-state index contributed by atoms with van der Waals surface area (Å²) in [4.78, 5) is 10.5. The van der Waals surface area contributed by atoms with Crippen LogP contribution in [0.15, 0.2) is 5.10 Å². The molecule has 2 N–H and O–H groups in total. The summed E-state index contributed by atoms with van der Waals surface area (Å²) in [5.41, 5.74) is 0.910. The number of carbonyl (C=O) groups excluding carboxylic acids is 1. The minimum Gasteiger partial charge on any atom is -0.299 e. The zero-order valence-electron chi connectivity index (χ0n) is 6.69. The third kappa shape index (κ3) is 1.55. The minimum atomic E-state index is -0.418. The van der Waals surface area contributed by atoms with Crippen molar-refractivity contribution in [2.75, 3.05) is 13.6 Å². The monoisotopic (exact) mass is 156 g/mol. The molecule has 62 valence electrons. The first-order chi connectivity index (χ1) is 5.15. The Labute approximate surface area is 65.4 Å². The van der Waals surface area contributed by atoms with Crippen molar-refractivity contribution in [3.8, 4) is 0 Å². The average molecular weight is 156 g/mol. The SMILES string of the molecule is CC1=NN(C)C(C=O)N(N)C1. The van der Waals surface area contributed by atoms with E-state index < -0.39 is 6.17 Å². The van der Waals surface area contributed by atoms with E-state index in [0.29, 0.717) is 6.54 Å². The van der Waals surface area contributed by atoms with Gasteiger partial charge < -0.3 is 0 Å². The third-order valence-electron chi connectivity index (χ3n) is 1.58. The van der Waals surface area contributed by atoms with Gasteiger partial charge in [-0.05, 0) is 6.92 Å². The van der Waals surface area contributed by atoms with Crippen molar-refractivity contribution in [2.24, 2.45) is 10.9 Å². The molecule has 0 aromatic heterocycles. The molecule has 0 saturated heterocycles. The summed E-state index contributed by atoms with van der Waals surface area (Å²) >= 11 is 0. The first kappa shape index (κ1) is 8.16. The highest BCUT2D eigenvalue weighted by Crippen LogP contribution is 2.04. The van der Waals surface area contributed by atoms with E-state index in [0.717, 1.165) is 12.0 Å². The molecule has 0 aliphatic carbocycles. The predicted molar refractivity (Wildman–Crippen MR) is 41.6 cm³/mol. The smallest absolute Gasteiger partial charge is 0.167 e. The van der Waals surface area contributed by atoms with Gasteiger partial charge in [-0.1, -0.05) is 0 Å². The first-order valence-electron chi connectivity index (χ1n) is 3.38. The van der Waals surface area contributed by atoms with Crippen LogP contribution < -0.4 is 5.84 Å². The molecule has 1 aliphatic heterocycles. The number of hydrazone groups is 1. The molecule has 0 aromatic rings. The molecule has 0 amide bonds. The Morgan fingerprint density at radius 3 is 2.91 bits per heavy atom. The summed E-state index contributed by atoms with van der Waals surface area (Å²) in [6, 6.07) is 0. The number of likely N-dealkylation sites (N-methyl/N-ethyl adjacent to an activating group) is 1. The molecular formula is C6H12N4O. The van der Waals surface area contributed by atoms with Crippen LogP contribution in [0.4, 0.5) is 0 Å². The van der Waals surface area contributed by atoms with Crippen molar-refractivity contribution >= 4 is 12.0 Å². The second kappa shape index (κ2) is 2.98. The van der Waals surface area contributed by atoms with E-state index in [2.05, 4.69) is 5.10 Å². The maximum atomic E-state index is 10.5. The quantitative estimate of drug-likeness (QED) is 0.391. The van der Waals surface area contributed by atoms with Crippen LogP contribution >= 0.6 is 0 Å². The molecule has 1 atom stereocenters. The van der Waals surface area contributed by atoms with Crippen molar-refractivity contribution in [3.05, 3.63) is 0 Å². The van der Waals surface area contributed by atoms with E-state index in [1.165, 1.54) is 5.01 Å². The van der Waals surface area contributed by atoms with Gasteiger partial charge in [-0.3, -0.25) is 15.6 Å². The van der Waals surface area contributed by atoms with Crippen LogP contribution in [0.1, 0.15) is 6.92 Å². The lowest BCUT2D eigenvalue weighted by atomic mass is 10.3. The van der Waals surface area contributed by atoms with Gasteiger partial charge in [-0.25, -0.2) is 5.01 Å². The number of nitrogens with zero attached hydrogens (tertiary/aromatic N) is 3. The number of hydrazine groups is 1. The second-order valence-corrected chi connectivity index (χ2v) is 2.63. The molecule has 1 unspecified atom stereocenters. The molecule has 5 nitrogen and oxygen atoms in total. The molecule has 1 rings (SSSR count). The minimum absolute atomic E-state index is 0.418. The fraction of sp³-hybridized carbons (Fsp3) is 0.667. The highest BCUT2D eigenvalue weighted by molar-refractivity contribution is 5.84. The zero-order valence-corrected chi connectivity index (χ0v) is 6.69. The summed E-state index contributed by atoms with van der Waals surface area (Å²) in [6.07, 6.45) is 0.356. The average Bonchev–Trinajstić information content (AvgIpc) is 1.85. The van der Waals surface area contributed by atoms with Crippen molar-refractivity contribution in [3.63, 3.8) is 0 Å². The lowest BCUT2D eigenvalue weighted by Gasteiger charge is -2.33. The normalized spacial score (nSPS) is 26.6. The van der Waals surface area contributed by atoms with Crippen LogP contribution in [0.3, 0.4) is 0 Å². The number of hydrogen-bond acceptors (Lipinski definition) is 5. The highest BCUT2D eigenvalue weighted by Gasteiger charge is 2.23. The summed E-state index contributed by atoms with van der Waals surface area (Å²) < 4.78 is 0. The van der Waals surface area contributed by atoms with E-state index in [4.69, 9.17) is 5.84 Å². The van der Waals surface area contributed by atoms with Crippen LogP contribution in [0.5, 0.6) is 0 Å². The summed E-state index contributed by atoms with van der Waals surface area (Å²) in [5, 5.41) is 7.08. The number of carbonyl (C=O) groups is 1. The zero-order chi connectivity index (χ0) is 8.43. The van der Waals surface area contributed by atoms with E-state index in [1.54, 1.807) is 12.1 Å². The Morgan fingerprint density at radius 1 is 1.82 bits per heavy atom. The molecule has 5 heteroatoms. The van der Waals surface area contributed by atoms with Gasteiger partial charge in [0, 0.05) is 7.05 Å². The van der Waals surface area contributed by atoms with Crippen LogP contribution in [0.2, 0.25) is 0 Å². The van der Waals surface area contributed by atoms with Crippen LogP contribution in [-0.2, 0) is 4.79 Å². The van der Waals surface area contributed by atoms with E-state index >= 15 is 0 Å². The lowest BCUT2D eigenvalue weighted by molar-refractivity contribution is -0.118. The van der Waals surface area contributed by atoms with E-state index in [-0.39, 0.29) is 0 Å². The molecule has 0 bridgehead atoms. The van der Waals surface area contributed by atoms with Gasteiger partial charge in [-0.15, -0.1) is 0 Å². The van der Waals surface area contributed by atoms with Gasteiger partial charge >= 0.3 is 0 Å². The van der Waals surface area contributed by atoms with Crippen LogP contribution in [-0.4, -0.2) is 41.8 Å². The Balaban J connectivity index is 2.76. The molecule has 0 fully saturated rings. The maximum Gasteiger partial charge on any atom is 0.167 e. The van der Waals surface area contributed by atoms with Gasteiger partial charge in [0.25, 0.3) is 0 Å². The molecule has 0 saturated carbocycles. The van der Waals surface area contributed by atoms with Crippen molar-refractivity contribution in [1.29, 1.82) is 0 Å². The molecule has 0 aromatic carbocycles.